The monoisotopic (exact) mass is 204 g/mol. The van der Waals surface area contributed by atoms with Crippen LogP contribution in [0.4, 0.5) is 13.2 Å². The summed E-state index contributed by atoms with van der Waals surface area (Å²) in [6.45, 7) is 1.78. The van der Waals surface area contributed by atoms with Crippen LogP contribution in [0.1, 0.15) is 23.7 Å². The molecule has 5 heteroatoms. The minimum atomic E-state index is -4.25. The summed E-state index contributed by atoms with van der Waals surface area (Å²) in [6.07, 6.45) is -3.82. The molecule has 1 atom stereocenters. The van der Waals surface area contributed by atoms with Gasteiger partial charge in [0.05, 0.1) is 18.2 Å². The lowest BCUT2D eigenvalue weighted by Gasteiger charge is -2.13. The minimum Gasteiger partial charge on any atom is -0.322 e. The Balaban J connectivity index is 2.74. The molecular weight excluding hydrogens is 193 g/mol. The van der Waals surface area contributed by atoms with E-state index in [0.29, 0.717) is 0 Å². The Kier molecular flexibility index (Phi) is 3.10. The molecular formula is C9H11F3N2. The molecule has 0 aromatic carbocycles. The molecule has 0 radical (unpaired) electrons. The highest BCUT2D eigenvalue weighted by Gasteiger charge is 2.31. The van der Waals surface area contributed by atoms with E-state index in [2.05, 4.69) is 4.98 Å². The van der Waals surface area contributed by atoms with Gasteiger partial charge >= 0.3 is 6.18 Å². The second kappa shape index (κ2) is 3.96. The lowest BCUT2D eigenvalue weighted by Crippen LogP contribution is -2.21. The van der Waals surface area contributed by atoms with Crippen molar-refractivity contribution in [2.24, 2.45) is 5.73 Å². The molecule has 0 aliphatic carbocycles. The molecule has 0 bridgehead atoms. The zero-order valence-corrected chi connectivity index (χ0v) is 7.67. The van der Waals surface area contributed by atoms with Gasteiger partial charge in [0.15, 0.2) is 0 Å². The summed E-state index contributed by atoms with van der Waals surface area (Å²) in [7, 11) is 0. The van der Waals surface area contributed by atoms with Crippen LogP contribution in [0.25, 0.3) is 0 Å². The molecule has 1 heterocycles. The maximum absolute atomic E-state index is 12.0. The molecule has 0 spiro atoms. The van der Waals surface area contributed by atoms with Crippen molar-refractivity contribution in [1.29, 1.82) is 0 Å². The molecule has 1 aromatic heterocycles. The number of hydrogen-bond acceptors (Lipinski definition) is 2. The van der Waals surface area contributed by atoms with Gasteiger partial charge in [-0.05, 0) is 24.6 Å². The average molecular weight is 204 g/mol. The van der Waals surface area contributed by atoms with Crippen LogP contribution in [0, 0.1) is 6.92 Å². The first-order valence-electron chi connectivity index (χ1n) is 4.13. The van der Waals surface area contributed by atoms with Crippen molar-refractivity contribution in [3.63, 3.8) is 0 Å². The van der Waals surface area contributed by atoms with E-state index in [1.54, 1.807) is 19.1 Å². The van der Waals surface area contributed by atoms with Crippen molar-refractivity contribution in [1.82, 2.24) is 4.98 Å². The summed E-state index contributed by atoms with van der Waals surface area (Å²) in [5, 5.41) is 0. The Hall–Kier alpha value is -1.10. The number of aryl methyl sites for hydroxylation is 1. The van der Waals surface area contributed by atoms with Gasteiger partial charge in [0.25, 0.3) is 0 Å². The molecule has 0 aliphatic heterocycles. The number of pyridine rings is 1. The third-order valence-corrected chi connectivity index (χ3v) is 1.77. The third-order valence-electron chi connectivity index (χ3n) is 1.77. The van der Waals surface area contributed by atoms with Gasteiger partial charge < -0.3 is 5.73 Å². The van der Waals surface area contributed by atoms with Crippen LogP contribution in [-0.4, -0.2) is 11.2 Å². The summed E-state index contributed by atoms with van der Waals surface area (Å²) in [5.41, 5.74) is 6.50. The fourth-order valence-electron chi connectivity index (χ4n) is 1.12. The van der Waals surface area contributed by atoms with Crippen molar-refractivity contribution in [3.05, 3.63) is 29.6 Å². The maximum Gasteiger partial charge on any atom is 0.390 e. The van der Waals surface area contributed by atoms with Crippen LogP contribution in [0.15, 0.2) is 18.3 Å². The second-order valence-electron chi connectivity index (χ2n) is 3.18. The zero-order chi connectivity index (χ0) is 10.8. The van der Waals surface area contributed by atoms with Gasteiger partial charge in [-0.15, -0.1) is 0 Å². The topological polar surface area (TPSA) is 38.9 Å². The van der Waals surface area contributed by atoms with Crippen LogP contribution < -0.4 is 5.73 Å². The van der Waals surface area contributed by atoms with Crippen molar-refractivity contribution in [3.8, 4) is 0 Å². The molecule has 1 aromatic rings. The van der Waals surface area contributed by atoms with E-state index < -0.39 is 18.6 Å². The predicted molar refractivity (Wildman–Crippen MR) is 46.6 cm³/mol. The fraction of sp³-hybridized carbons (Fsp3) is 0.444. The van der Waals surface area contributed by atoms with E-state index >= 15 is 0 Å². The van der Waals surface area contributed by atoms with Gasteiger partial charge in [0.1, 0.15) is 0 Å². The fourth-order valence-corrected chi connectivity index (χ4v) is 1.12. The summed E-state index contributed by atoms with van der Waals surface area (Å²) in [4.78, 5) is 3.80. The molecule has 14 heavy (non-hydrogen) atoms. The Morgan fingerprint density at radius 2 is 2.14 bits per heavy atom. The van der Waals surface area contributed by atoms with E-state index in [0.717, 1.165) is 5.56 Å². The van der Waals surface area contributed by atoms with Crippen LogP contribution in [0.3, 0.4) is 0 Å². The van der Waals surface area contributed by atoms with Crippen LogP contribution in [-0.2, 0) is 0 Å². The molecule has 78 valence electrons. The summed E-state index contributed by atoms with van der Waals surface area (Å²) in [6, 6.07) is 2.20. The predicted octanol–water partition coefficient (Wildman–Crippen LogP) is 2.34. The molecule has 0 fully saturated rings. The van der Waals surface area contributed by atoms with E-state index in [1.807, 2.05) is 0 Å². The smallest absolute Gasteiger partial charge is 0.322 e. The molecule has 2 N–H and O–H groups in total. The zero-order valence-electron chi connectivity index (χ0n) is 7.67. The Labute approximate surface area is 79.9 Å². The van der Waals surface area contributed by atoms with Crippen LogP contribution in [0.2, 0.25) is 0 Å². The van der Waals surface area contributed by atoms with Crippen LogP contribution in [0.5, 0.6) is 0 Å². The Bertz CT molecular complexity index is 309. The lowest BCUT2D eigenvalue weighted by atomic mass is 10.1. The van der Waals surface area contributed by atoms with Gasteiger partial charge in [-0.3, -0.25) is 4.98 Å². The molecule has 0 aliphatic rings. The first-order valence-corrected chi connectivity index (χ1v) is 4.13. The SMILES string of the molecule is Cc1ccnc([C@@H](N)CC(F)(F)F)c1. The van der Waals surface area contributed by atoms with E-state index in [-0.39, 0.29) is 5.69 Å². The van der Waals surface area contributed by atoms with Crippen molar-refractivity contribution < 1.29 is 13.2 Å². The van der Waals surface area contributed by atoms with Crippen molar-refractivity contribution in [2.75, 3.05) is 0 Å². The summed E-state index contributed by atoms with van der Waals surface area (Å²) in [5.74, 6) is 0. The Morgan fingerprint density at radius 1 is 1.50 bits per heavy atom. The standard InChI is InChI=1S/C9H11F3N2/c1-6-2-3-14-8(4-6)7(13)5-9(10,11)12/h2-4,7H,5,13H2,1H3/t7-/m0/s1. The highest BCUT2D eigenvalue weighted by Crippen LogP contribution is 2.27. The molecule has 2 nitrogen and oxygen atoms in total. The average Bonchev–Trinajstić information content (AvgIpc) is 2.01. The number of nitrogens with zero attached hydrogens (tertiary/aromatic N) is 1. The number of halogens is 3. The number of aromatic nitrogens is 1. The molecule has 0 saturated carbocycles. The Morgan fingerprint density at radius 3 is 2.64 bits per heavy atom. The van der Waals surface area contributed by atoms with E-state index in [9.17, 15) is 13.2 Å². The normalized spacial score (nSPS) is 14.1. The van der Waals surface area contributed by atoms with Gasteiger partial charge in [-0.25, -0.2) is 0 Å². The highest BCUT2D eigenvalue weighted by molar-refractivity contribution is 5.17. The van der Waals surface area contributed by atoms with E-state index in [4.69, 9.17) is 5.73 Å². The van der Waals surface area contributed by atoms with Crippen LogP contribution >= 0.6 is 0 Å². The van der Waals surface area contributed by atoms with Gasteiger partial charge in [0, 0.05) is 6.20 Å². The molecule has 1 rings (SSSR count). The van der Waals surface area contributed by atoms with E-state index in [1.165, 1.54) is 6.20 Å². The second-order valence-corrected chi connectivity index (χ2v) is 3.18. The highest BCUT2D eigenvalue weighted by atomic mass is 19.4. The van der Waals surface area contributed by atoms with Gasteiger partial charge in [-0.2, -0.15) is 13.2 Å². The molecule has 0 amide bonds. The third kappa shape index (κ3) is 3.33. The van der Waals surface area contributed by atoms with Crippen molar-refractivity contribution >= 4 is 0 Å². The van der Waals surface area contributed by atoms with Crippen molar-refractivity contribution in [2.45, 2.75) is 25.6 Å². The quantitative estimate of drug-likeness (QED) is 0.803. The number of rotatable bonds is 2. The largest absolute Gasteiger partial charge is 0.390 e. The minimum absolute atomic E-state index is 0.280. The maximum atomic E-state index is 12.0. The lowest BCUT2D eigenvalue weighted by molar-refractivity contribution is -0.138. The number of hydrogen-bond donors (Lipinski definition) is 1. The number of nitrogens with two attached hydrogens (primary N) is 1. The van der Waals surface area contributed by atoms with Gasteiger partial charge in [-0.1, -0.05) is 0 Å². The molecule has 0 saturated heterocycles. The first kappa shape index (κ1) is 11.0. The number of alkyl halides is 3. The summed E-state index contributed by atoms with van der Waals surface area (Å²) >= 11 is 0. The van der Waals surface area contributed by atoms with Gasteiger partial charge in [0.2, 0.25) is 0 Å². The first-order chi connectivity index (χ1) is 6.38. The molecule has 0 unspecified atom stereocenters. The summed E-state index contributed by atoms with van der Waals surface area (Å²) < 4.78 is 36.0.